The normalized spacial score (nSPS) is 11.5. The fraction of sp³-hybridized carbons (Fsp3) is 0.300. The van der Waals surface area contributed by atoms with E-state index in [1.54, 1.807) is 13.8 Å². The van der Waals surface area contributed by atoms with Crippen LogP contribution in [0.2, 0.25) is 0 Å². The molecule has 0 radical (unpaired) electrons. The molecule has 1 rings (SSSR count). The van der Waals surface area contributed by atoms with Crippen molar-refractivity contribution in [1.29, 1.82) is 0 Å². The molecule has 0 unspecified atom stereocenters. The predicted molar refractivity (Wildman–Crippen MR) is 68.8 cm³/mol. The van der Waals surface area contributed by atoms with E-state index in [4.69, 9.17) is 5.11 Å². The maximum atomic E-state index is 11.6. The summed E-state index contributed by atoms with van der Waals surface area (Å²) in [5.74, 6) is -1.07. The summed E-state index contributed by atoms with van der Waals surface area (Å²) in [7, 11) is -3.43. The molecule has 0 aliphatic heterocycles. The molecule has 1 aromatic rings. The van der Waals surface area contributed by atoms with E-state index in [1.807, 2.05) is 0 Å². The molecule has 0 aliphatic carbocycles. The van der Waals surface area contributed by atoms with Crippen LogP contribution in [0, 0.1) is 0 Å². The van der Waals surface area contributed by atoms with Gasteiger partial charge in [0.1, 0.15) is 0 Å². The molecule has 0 fully saturated rings. The van der Waals surface area contributed by atoms with Crippen molar-refractivity contribution in [2.24, 2.45) is 0 Å². The van der Waals surface area contributed by atoms with Crippen LogP contribution in [0.25, 0.3) is 0 Å². The summed E-state index contributed by atoms with van der Waals surface area (Å²) >= 11 is 3.13. The molecule has 0 aliphatic rings. The van der Waals surface area contributed by atoms with Crippen molar-refractivity contribution in [3.05, 3.63) is 28.2 Å². The molecule has 0 atom stereocenters. The SMILES string of the molecule is CC(C)S(=O)(=O)Nc1ccc(C(=O)O)cc1Br. The number of hydrogen-bond acceptors (Lipinski definition) is 3. The number of carboxylic acids is 1. The first-order chi connectivity index (χ1) is 7.74. The molecule has 0 saturated carbocycles. The zero-order chi connectivity index (χ0) is 13.2. The molecular weight excluding hydrogens is 310 g/mol. The third-order valence-corrected chi connectivity index (χ3v) is 4.49. The van der Waals surface area contributed by atoms with E-state index >= 15 is 0 Å². The van der Waals surface area contributed by atoms with Crippen molar-refractivity contribution in [2.45, 2.75) is 19.1 Å². The van der Waals surface area contributed by atoms with Crippen molar-refractivity contribution in [3.8, 4) is 0 Å². The number of halogens is 1. The zero-order valence-electron chi connectivity index (χ0n) is 9.27. The molecule has 0 saturated heterocycles. The Morgan fingerprint density at radius 1 is 1.41 bits per heavy atom. The van der Waals surface area contributed by atoms with Crippen LogP contribution in [0.3, 0.4) is 0 Å². The van der Waals surface area contributed by atoms with Gasteiger partial charge in [-0.15, -0.1) is 0 Å². The summed E-state index contributed by atoms with van der Waals surface area (Å²) in [4.78, 5) is 10.7. The van der Waals surface area contributed by atoms with Crippen LogP contribution in [0.15, 0.2) is 22.7 Å². The standard InChI is InChI=1S/C10H12BrNO4S/c1-6(2)17(15,16)12-9-4-3-7(10(13)14)5-8(9)11/h3-6,12H,1-2H3,(H,13,14). The largest absolute Gasteiger partial charge is 0.478 e. The van der Waals surface area contributed by atoms with E-state index < -0.39 is 21.2 Å². The van der Waals surface area contributed by atoms with Crippen molar-refractivity contribution < 1.29 is 18.3 Å². The molecule has 0 amide bonds. The van der Waals surface area contributed by atoms with Gasteiger partial charge >= 0.3 is 5.97 Å². The number of nitrogens with one attached hydrogen (secondary N) is 1. The lowest BCUT2D eigenvalue weighted by Crippen LogP contribution is -2.22. The average molecular weight is 322 g/mol. The van der Waals surface area contributed by atoms with Crippen LogP contribution in [-0.2, 0) is 10.0 Å². The smallest absolute Gasteiger partial charge is 0.335 e. The minimum Gasteiger partial charge on any atom is -0.478 e. The minimum atomic E-state index is -3.43. The van der Waals surface area contributed by atoms with Gasteiger partial charge in [0.25, 0.3) is 0 Å². The fourth-order valence-corrected chi connectivity index (χ4v) is 2.33. The first kappa shape index (κ1) is 14.0. The maximum Gasteiger partial charge on any atom is 0.335 e. The Labute approximate surface area is 108 Å². The summed E-state index contributed by atoms with van der Waals surface area (Å²) in [5.41, 5.74) is 0.410. The summed E-state index contributed by atoms with van der Waals surface area (Å²) in [6, 6.07) is 4.10. The number of rotatable bonds is 4. The Morgan fingerprint density at radius 3 is 2.41 bits per heavy atom. The lowest BCUT2D eigenvalue weighted by Gasteiger charge is -2.12. The van der Waals surface area contributed by atoms with Gasteiger partial charge in [-0.2, -0.15) is 0 Å². The second-order valence-corrected chi connectivity index (χ2v) is 6.79. The Balaban J connectivity index is 3.06. The first-order valence-corrected chi connectivity index (χ1v) is 7.12. The van der Waals surface area contributed by atoms with Gasteiger partial charge < -0.3 is 5.11 Å². The van der Waals surface area contributed by atoms with E-state index in [2.05, 4.69) is 20.7 Å². The van der Waals surface area contributed by atoms with Gasteiger partial charge in [0.15, 0.2) is 0 Å². The van der Waals surface area contributed by atoms with Gasteiger partial charge in [-0.25, -0.2) is 13.2 Å². The van der Waals surface area contributed by atoms with Crippen LogP contribution in [-0.4, -0.2) is 24.7 Å². The molecule has 2 N–H and O–H groups in total. The summed E-state index contributed by atoms with van der Waals surface area (Å²) in [6.45, 7) is 3.11. The molecule has 5 nitrogen and oxygen atoms in total. The van der Waals surface area contributed by atoms with E-state index in [-0.39, 0.29) is 5.56 Å². The second-order valence-electron chi connectivity index (χ2n) is 3.70. The monoisotopic (exact) mass is 321 g/mol. The van der Waals surface area contributed by atoms with Gasteiger partial charge in [-0.05, 0) is 48.0 Å². The average Bonchev–Trinajstić information content (AvgIpc) is 2.20. The molecule has 7 heteroatoms. The Hall–Kier alpha value is -1.08. The second kappa shape index (κ2) is 5.05. The zero-order valence-corrected chi connectivity index (χ0v) is 11.7. The highest BCUT2D eigenvalue weighted by Gasteiger charge is 2.17. The Kier molecular flexibility index (Phi) is 4.16. The van der Waals surface area contributed by atoms with Crippen LogP contribution >= 0.6 is 15.9 Å². The molecule has 0 heterocycles. The highest BCUT2D eigenvalue weighted by molar-refractivity contribution is 9.10. The Bertz CT molecular complexity index is 539. The number of benzene rings is 1. The lowest BCUT2D eigenvalue weighted by molar-refractivity contribution is 0.0697. The highest BCUT2D eigenvalue weighted by Crippen LogP contribution is 2.25. The topological polar surface area (TPSA) is 83.5 Å². The van der Waals surface area contributed by atoms with Gasteiger partial charge in [0.2, 0.25) is 10.0 Å². The maximum absolute atomic E-state index is 11.6. The Morgan fingerprint density at radius 2 is 2.00 bits per heavy atom. The molecular formula is C10H12BrNO4S. The molecule has 0 bridgehead atoms. The van der Waals surface area contributed by atoms with Gasteiger partial charge in [-0.3, -0.25) is 4.72 Å². The van der Waals surface area contributed by atoms with E-state index in [0.717, 1.165) is 0 Å². The fourth-order valence-electron chi connectivity index (χ4n) is 1.00. The van der Waals surface area contributed by atoms with Crippen LogP contribution in [0.4, 0.5) is 5.69 Å². The third-order valence-electron chi connectivity index (χ3n) is 2.09. The minimum absolute atomic E-state index is 0.0874. The van der Waals surface area contributed by atoms with Crippen LogP contribution < -0.4 is 4.72 Å². The number of carboxylic acid groups (broad SMARTS) is 1. The predicted octanol–water partition coefficient (Wildman–Crippen LogP) is 2.30. The molecule has 94 valence electrons. The van der Waals surface area contributed by atoms with Crippen molar-refractivity contribution in [2.75, 3.05) is 4.72 Å². The molecule has 0 spiro atoms. The van der Waals surface area contributed by atoms with Gasteiger partial charge in [0.05, 0.1) is 16.5 Å². The molecule has 17 heavy (non-hydrogen) atoms. The quantitative estimate of drug-likeness (QED) is 0.891. The van der Waals surface area contributed by atoms with E-state index in [0.29, 0.717) is 10.2 Å². The first-order valence-electron chi connectivity index (χ1n) is 4.78. The number of sulfonamides is 1. The van der Waals surface area contributed by atoms with Gasteiger partial charge in [0, 0.05) is 4.47 Å². The van der Waals surface area contributed by atoms with Crippen LogP contribution in [0.1, 0.15) is 24.2 Å². The molecule has 0 aromatic heterocycles. The number of aromatic carboxylic acids is 1. The summed E-state index contributed by atoms with van der Waals surface area (Å²) in [6.07, 6.45) is 0. The number of carbonyl (C=O) groups is 1. The van der Waals surface area contributed by atoms with Gasteiger partial charge in [-0.1, -0.05) is 0 Å². The van der Waals surface area contributed by atoms with Crippen molar-refractivity contribution in [1.82, 2.24) is 0 Å². The van der Waals surface area contributed by atoms with Crippen molar-refractivity contribution >= 4 is 37.6 Å². The third kappa shape index (κ3) is 3.44. The van der Waals surface area contributed by atoms with E-state index in [9.17, 15) is 13.2 Å². The highest BCUT2D eigenvalue weighted by atomic mass is 79.9. The number of hydrogen-bond donors (Lipinski definition) is 2. The number of anilines is 1. The van der Waals surface area contributed by atoms with E-state index in [1.165, 1.54) is 18.2 Å². The van der Waals surface area contributed by atoms with Crippen molar-refractivity contribution in [3.63, 3.8) is 0 Å². The lowest BCUT2D eigenvalue weighted by atomic mass is 10.2. The molecule has 1 aromatic carbocycles. The summed E-state index contributed by atoms with van der Waals surface area (Å²) < 4.78 is 26.0. The van der Waals surface area contributed by atoms with Crippen LogP contribution in [0.5, 0.6) is 0 Å². The summed E-state index contributed by atoms with van der Waals surface area (Å²) in [5, 5.41) is 8.20.